The van der Waals surface area contributed by atoms with E-state index in [9.17, 15) is 14.4 Å². The average molecular weight is 382 g/mol. The summed E-state index contributed by atoms with van der Waals surface area (Å²) in [5.41, 5.74) is 6.48. The molecule has 136 valence electrons. The molecule has 2 amide bonds. The second-order valence-electron chi connectivity index (χ2n) is 5.88. The first-order valence-corrected chi connectivity index (χ1v) is 8.47. The molecule has 0 aliphatic heterocycles. The van der Waals surface area contributed by atoms with Gasteiger partial charge in [0.2, 0.25) is 5.91 Å². The number of primary amides is 1. The molecule has 3 N–H and O–H groups in total. The van der Waals surface area contributed by atoms with Crippen LogP contribution in [0.3, 0.4) is 0 Å². The first kappa shape index (κ1) is 18.4. The van der Waals surface area contributed by atoms with Gasteiger partial charge in [0.25, 0.3) is 11.5 Å². The van der Waals surface area contributed by atoms with E-state index in [1.165, 1.54) is 22.8 Å². The highest BCUT2D eigenvalue weighted by Crippen LogP contribution is 2.12. The molecule has 0 atom stereocenters. The number of halogens is 1. The van der Waals surface area contributed by atoms with Crippen molar-refractivity contribution in [2.24, 2.45) is 5.73 Å². The molecule has 2 aromatic carbocycles. The van der Waals surface area contributed by atoms with Crippen LogP contribution in [0.1, 0.15) is 26.3 Å². The Balaban J connectivity index is 1.80. The van der Waals surface area contributed by atoms with E-state index in [-0.39, 0.29) is 5.56 Å². The topological polar surface area (TPSA) is 94.2 Å². The van der Waals surface area contributed by atoms with Gasteiger partial charge in [0.1, 0.15) is 5.56 Å². The minimum Gasteiger partial charge on any atom is -0.366 e. The number of rotatable bonds is 5. The summed E-state index contributed by atoms with van der Waals surface area (Å²) in [6, 6.07) is 16.3. The predicted octanol–water partition coefficient (Wildman–Crippen LogP) is 2.90. The van der Waals surface area contributed by atoms with Gasteiger partial charge < -0.3 is 15.6 Å². The highest BCUT2D eigenvalue weighted by atomic mass is 35.5. The van der Waals surface area contributed by atoms with Crippen LogP contribution in [-0.4, -0.2) is 16.4 Å². The maximum Gasteiger partial charge on any atom is 0.263 e. The van der Waals surface area contributed by atoms with Crippen LogP contribution in [0.25, 0.3) is 0 Å². The van der Waals surface area contributed by atoms with Crippen molar-refractivity contribution in [3.05, 3.63) is 98.9 Å². The van der Waals surface area contributed by atoms with Crippen molar-refractivity contribution < 1.29 is 9.59 Å². The average Bonchev–Trinajstić information content (AvgIpc) is 2.65. The van der Waals surface area contributed by atoms with E-state index in [4.69, 9.17) is 17.3 Å². The number of aromatic nitrogens is 1. The van der Waals surface area contributed by atoms with Crippen LogP contribution in [0, 0.1) is 0 Å². The van der Waals surface area contributed by atoms with E-state index in [1.807, 2.05) is 12.1 Å². The second kappa shape index (κ2) is 7.88. The molecule has 0 unspecified atom stereocenters. The summed E-state index contributed by atoms with van der Waals surface area (Å²) >= 11 is 5.87. The molecule has 27 heavy (non-hydrogen) atoms. The lowest BCUT2D eigenvalue weighted by Gasteiger charge is -2.09. The van der Waals surface area contributed by atoms with E-state index < -0.39 is 17.4 Å². The highest BCUT2D eigenvalue weighted by molar-refractivity contribution is 6.30. The number of anilines is 1. The maximum absolute atomic E-state index is 12.6. The summed E-state index contributed by atoms with van der Waals surface area (Å²) in [6.45, 7) is 0.324. The molecule has 6 nitrogen and oxygen atoms in total. The number of pyridine rings is 1. The number of nitrogens with one attached hydrogen (secondary N) is 1. The van der Waals surface area contributed by atoms with Crippen molar-refractivity contribution in [2.75, 3.05) is 5.32 Å². The van der Waals surface area contributed by atoms with Gasteiger partial charge in [-0.15, -0.1) is 0 Å². The summed E-state index contributed by atoms with van der Waals surface area (Å²) in [7, 11) is 0. The van der Waals surface area contributed by atoms with E-state index in [0.717, 1.165) is 5.56 Å². The highest BCUT2D eigenvalue weighted by Gasteiger charge is 2.13. The molecule has 3 rings (SSSR count). The summed E-state index contributed by atoms with van der Waals surface area (Å²) in [4.78, 5) is 36.2. The largest absolute Gasteiger partial charge is 0.366 e. The molecule has 0 aliphatic carbocycles. The molecule has 3 aromatic rings. The minimum atomic E-state index is -0.555. The molecule has 0 saturated heterocycles. The fourth-order valence-corrected chi connectivity index (χ4v) is 2.66. The number of carbonyl (C=O) groups is 2. The van der Waals surface area contributed by atoms with Crippen molar-refractivity contribution in [3.8, 4) is 0 Å². The fourth-order valence-electron chi connectivity index (χ4n) is 2.54. The Morgan fingerprint density at radius 2 is 1.67 bits per heavy atom. The smallest absolute Gasteiger partial charge is 0.263 e. The minimum absolute atomic E-state index is 0.0189. The molecule has 1 heterocycles. The first-order valence-electron chi connectivity index (χ1n) is 8.09. The monoisotopic (exact) mass is 381 g/mol. The van der Waals surface area contributed by atoms with Gasteiger partial charge in [-0.05, 0) is 54.1 Å². The van der Waals surface area contributed by atoms with Gasteiger partial charge in [-0.1, -0.05) is 23.7 Å². The summed E-state index contributed by atoms with van der Waals surface area (Å²) in [5, 5.41) is 3.25. The number of hydrogen-bond donors (Lipinski definition) is 2. The van der Waals surface area contributed by atoms with Crippen LogP contribution >= 0.6 is 11.6 Å². The van der Waals surface area contributed by atoms with Crippen LogP contribution in [0.4, 0.5) is 5.69 Å². The maximum atomic E-state index is 12.6. The molecule has 0 saturated carbocycles. The van der Waals surface area contributed by atoms with Gasteiger partial charge in [0.05, 0.1) is 6.54 Å². The van der Waals surface area contributed by atoms with Crippen molar-refractivity contribution in [2.45, 2.75) is 6.54 Å². The van der Waals surface area contributed by atoms with Gasteiger partial charge in [-0.25, -0.2) is 0 Å². The molecule has 0 bridgehead atoms. The molecule has 1 aromatic heterocycles. The number of carbonyl (C=O) groups excluding carboxylic acids is 2. The number of nitrogens with zero attached hydrogens (tertiary/aromatic N) is 1. The molecule has 7 heteroatoms. The molecular formula is C20H16ClN3O3. The molecule has 0 aliphatic rings. The zero-order valence-electron chi connectivity index (χ0n) is 14.2. The molecular weight excluding hydrogens is 366 g/mol. The zero-order valence-corrected chi connectivity index (χ0v) is 14.9. The number of amides is 2. The summed E-state index contributed by atoms with van der Waals surface area (Å²) < 4.78 is 1.45. The lowest BCUT2D eigenvalue weighted by molar-refractivity contribution is 0.0998. The van der Waals surface area contributed by atoms with Gasteiger partial charge >= 0.3 is 0 Å². The number of benzene rings is 2. The van der Waals surface area contributed by atoms with Gasteiger partial charge in [0.15, 0.2) is 0 Å². The van der Waals surface area contributed by atoms with E-state index in [0.29, 0.717) is 22.8 Å². The fraction of sp³-hybridized carbons (Fsp3) is 0.0500. The Kier molecular flexibility index (Phi) is 5.38. The Labute approximate surface area is 160 Å². The second-order valence-corrected chi connectivity index (χ2v) is 6.31. The Morgan fingerprint density at radius 1 is 1.00 bits per heavy atom. The van der Waals surface area contributed by atoms with Crippen molar-refractivity contribution in [3.63, 3.8) is 0 Å². The van der Waals surface area contributed by atoms with Crippen LogP contribution in [0.5, 0.6) is 0 Å². The summed E-state index contributed by atoms with van der Waals surface area (Å²) in [5.74, 6) is -1.08. The van der Waals surface area contributed by atoms with Gasteiger partial charge in [-0.3, -0.25) is 14.4 Å². The third kappa shape index (κ3) is 4.43. The summed E-state index contributed by atoms with van der Waals surface area (Å²) in [6.07, 6.45) is 1.62. The van der Waals surface area contributed by atoms with Gasteiger partial charge in [0, 0.05) is 22.5 Å². The van der Waals surface area contributed by atoms with E-state index in [1.54, 1.807) is 36.5 Å². The van der Waals surface area contributed by atoms with Crippen LogP contribution in [0.2, 0.25) is 5.02 Å². The quantitative estimate of drug-likeness (QED) is 0.711. The zero-order chi connectivity index (χ0) is 19.4. The van der Waals surface area contributed by atoms with Crippen LogP contribution < -0.4 is 16.6 Å². The van der Waals surface area contributed by atoms with Crippen LogP contribution in [0.15, 0.2) is 71.7 Å². The Bertz CT molecular complexity index is 1040. The normalized spacial score (nSPS) is 10.4. The van der Waals surface area contributed by atoms with Crippen molar-refractivity contribution in [1.29, 1.82) is 0 Å². The Hall–Kier alpha value is -3.38. The third-order valence-corrected chi connectivity index (χ3v) is 4.21. The van der Waals surface area contributed by atoms with Crippen molar-refractivity contribution >= 4 is 29.1 Å². The Morgan fingerprint density at radius 3 is 2.30 bits per heavy atom. The molecule has 0 spiro atoms. The molecule has 0 radical (unpaired) electrons. The standard InChI is InChI=1S/C20H16ClN3O3/c21-15-7-3-13(4-8-15)12-24-11-1-2-17(20(24)27)19(26)23-16-9-5-14(6-10-16)18(22)25/h1-11H,12H2,(H2,22,25)(H,23,26). The predicted molar refractivity (Wildman–Crippen MR) is 104 cm³/mol. The lowest BCUT2D eigenvalue weighted by Crippen LogP contribution is -2.29. The van der Waals surface area contributed by atoms with E-state index >= 15 is 0 Å². The number of nitrogens with two attached hydrogens (primary N) is 1. The number of hydrogen-bond acceptors (Lipinski definition) is 3. The van der Waals surface area contributed by atoms with Crippen LogP contribution in [-0.2, 0) is 6.54 Å². The molecule has 0 fully saturated rings. The van der Waals surface area contributed by atoms with Gasteiger partial charge in [-0.2, -0.15) is 0 Å². The third-order valence-electron chi connectivity index (χ3n) is 3.96. The SMILES string of the molecule is NC(=O)c1ccc(NC(=O)c2cccn(Cc3ccc(Cl)cc3)c2=O)cc1. The van der Waals surface area contributed by atoms with E-state index in [2.05, 4.69) is 5.32 Å². The lowest BCUT2D eigenvalue weighted by atomic mass is 10.2. The first-order chi connectivity index (χ1) is 12.9. The van der Waals surface area contributed by atoms with Crippen molar-refractivity contribution in [1.82, 2.24) is 4.57 Å².